The summed E-state index contributed by atoms with van der Waals surface area (Å²) in [7, 11) is 0. The zero-order valence-electron chi connectivity index (χ0n) is 10.8. The molecular formula is C14H19Br2NO. The van der Waals surface area contributed by atoms with Crippen LogP contribution >= 0.6 is 31.9 Å². The lowest BCUT2D eigenvalue weighted by molar-refractivity contribution is 0.0952. The number of amides is 1. The third-order valence-electron chi connectivity index (χ3n) is 2.73. The van der Waals surface area contributed by atoms with Crippen molar-refractivity contribution in [1.29, 1.82) is 0 Å². The molecule has 0 spiro atoms. The largest absolute Gasteiger partial charge is 0.352 e. The number of hydrogen-bond acceptors (Lipinski definition) is 1. The molecule has 0 aliphatic rings. The van der Waals surface area contributed by atoms with Crippen molar-refractivity contribution in [3.8, 4) is 0 Å². The first-order chi connectivity index (χ1) is 8.52. The maximum absolute atomic E-state index is 11.9. The van der Waals surface area contributed by atoms with E-state index in [4.69, 9.17) is 0 Å². The lowest BCUT2D eigenvalue weighted by atomic mass is 10.1. The Hall–Kier alpha value is -0.350. The van der Waals surface area contributed by atoms with E-state index in [1.54, 1.807) is 0 Å². The summed E-state index contributed by atoms with van der Waals surface area (Å²) in [4.78, 5) is 11.9. The number of aryl methyl sites for hydroxylation is 1. The first kappa shape index (κ1) is 15.7. The van der Waals surface area contributed by atoms with Gasteiger partial charge in [-0.2, -0.15) is 0 Å². The Balaban J connectivity index is 2.41. The highest BCUT2D eigenvalue weighted by Crippen LogP contribution is 2.15. The molecule has 4 heteroatoms. The van der Waals surface area contributed by atoms with Crippen molar-refractivity contribution in [3.63, 3.8) is 0 Å². The third kappa shape index (κ3) is 5.53. The van der Waals surface area contributed by atoms with E-state index < -0.39 is 0 Å². The topological polar surface area (TPSA) is 29.1 Å². The molecule has 2 nitrogen and oxygen atoms in total. The summed E-state index contributed by atoms with van der Waals surface area (Å²) < 4.78 is 0.945. The quantitative estimate of drug-likeness (QED) is 0.582. The number of carbonyl (C=O) groups excluding carboxylic acids is 1. The van der Waals surface area contributed by atoms with Crippen LogP contribution in [0.25, 0.3) is 0 Å². The second-order valence-corrected chi connectivity index (χ2v) is 6.24. The number of halogens is 2. The molecule has 18 heavy (non-hydrogen) atoms. The predicted molar refractivity (Wildman–Crippen MR) is 83.4 cm³/mol. The van der Waals surface area contributed by atoms with E-state index in [9.17, 15) is 4.79 Å². The molecule has 1 aromatic rings. The Morgan fingerprint density at radius 3 is 2.72 bits per heavy atom. The molecule has 0 saturated carbocycles. The predicted octanol–water partition coefficient (Wildman–Crippen LogP) is 4.30. The van der Waals surface area contributed by atoms with E-state index in [2.05, 4.69) is 44.1 Å². The molecule has 100 valence electrons. The molecule has 1 aromatic carbocycles. The fourth-order valence-electron chi connectivity index (χ4n) is 1.70. The van der Waals surface area contributed by atoms with E-state index in [1.165, 1.54) is 0 Å². The zero-order chi connectivity index (χ0) is 13.5. The lowest BCUT2D eigenvalue weighted by Gasteiger charge is -2.09. The summed E-state index contributed by atoms with van der Waals surface area (Å²) in [6.45, 7) is 4.93. The highest BCUT2D eigenvalue weighted by atomic mass is 79.9. The fourth-order valence-corrected chi connectivity index (χ4v) is 2.63. The van der Waals surface area contributed by atoms with Crippen LogP contribution in [0.1, 0.15) is 35.7 Å². The van der Waals surface area contributed by atoms with Gasteiger partial charge in [-0.1, -0.05) is 38.8 Å². The van der Waals surface area contributed by atoms with E-state index >= 15 is 0 Å². The van der Waals surface area contributed by atoms with Crippen LogP contribution in [0.4, 0.5) is 0 Å². The van der Waals surface area contributed by atoms with Crippen LogP contribution in [-0.4, -0.2) is 17.8 Å². The van der Waals surface area contributed by atoms with Gasteiger partial charge in [0.25, 0.3) is 5.91 Å². The molecule has 0 bridgehead atoms. The molecular weight excluding hydrogens is 358 g/mol. The second-order valence-electron chi connectivity index (χ2n) is 4.67. The minimum Gasteiger partial charge on any atom is -0.352 e. The summed E-state index contributed by atoms with van der Waals surface area (Å²) in [6, 6.07) is 5.75. The SMILES string of the molecule is Cc1cc(Br)cc(C(=O)NCCCC(C)CBr)c1. The van der Waals surface area contributed by atoms with Gasteiger partial charge in [-0.15, -0.1) is 0 Å². The van der Waals surface area contributed by atoms with Gasteiger partial charge in [-0.25, -0.2) is 0 Å². The van der Waals surface area contributed by atoms with Crippen molar-refractivity contribution in [2.45, 2.75) is 26.7 Å². The number of benzene rings is 1. The summed E-state index contributed by atoms with van der Waals surface area (Å²) >= 11 is 6.86. The summed E-state index contributed by atoms with van der Waals surface area (Å²) in [5.74, 6) is 0.668. The fraction of sp³-hybridized carbons (Fsp3) is 0.500. The molecule has 0 aromatic heterocycles. The standard InChI is InChI=1S/C14H19Br2NO/c1-10(9-15)4-3-5-17-14(18)12-6-11(2)7-13(16)8-12/h6-8,10H,3-5,9H2,1-2H3,(H,17,18). The first-order valence-corrected chi connectivity index (χ1v) is 8.05. The molecule has 0 fully saturated rings. The Labute approximate surface area is 126 Å². The summed E-state index contributed by atoms with van der Waals surface area (Å²) in [6.07, 6.45) is 2.15. The van der Waals surface area contributed by atoms with Crippen LogP contribution in [0, 0.1) is 12.8 Å². The third-order valence-corrected chi connectivity index (χ3v) is 4.29. The van der Waals surface area contributed by atoms with Gasteiger partial charge < -0.3 is 5.32 Å². The maximum Gasteiger partial charge on any atom is 0.251 e. The molecule has 1 rings (SSSR count). The minimum absolute atomic E-state index is 0.00546. The zero-order valence-corrected chi connectivity index (χ0v) is 14.0. The van der Waals surface area contributed by atoms with Gasteiger partial charge in [-0.3, -0.25) is 4.79 Å². The molecule has 0 heterocycles. The highest BCUT2D eigenvalue weighted by Gasteiger charge is 2.06. The van der Waals surface area contributed by atoms with Crippen molar-refractivity contribution in [2.75, 3.05) is 11.9 Å². The van der Waals surface area contributed by atoms with Crippen LogP contribution in [-0.2, 0) is 0 Å². The molecule has 0 saturated heterocycles. The number of rotatable bonds is 6. The van der Waals surface area contributed by atoms with Crippen molar-refractivity contribution >= 4 is 37.8 Å². The highest BCUT2D eigenvalue weighted by molar-refractivity contribution is 9.10. The van der Waals surface area contributed by atoms with Crippen LogP contribution in [0.15, 0.2) is 22.7 Å². The van der Waals surface area contributed by atoms with Gasteiger partial charge in [0.05, 0.1) is 0 Å². The molecule has 1 amide bonds. The summed E-state index contributed by atoms with van der Waals surface area (Å²) in [5.41, 5.74) is 1.80. The summed E-state index contributed by atoms with van der Waals surface area (Å²) in [5, 5.41) is 3.98. The Morgan fingerprint density at radius 1 is 1.39 bits per heavy atom. The smallest absolute Gasteiger partial charge is 0.251 e. The number of carbonyl (C=O) groups is 1. The van der Waals surface area contributed by atoms with E-state index in [0.717, 1.165) is 40.3 Å². The second kappa shape index (κ2) is 7.95. The van der Waals surface area contributed by atoms with Gasteiger partial charge in [0.15, 0.2) is 0 Å². The first-order valence-electron chi connectivity index (χ1n) is 6.14. The normalized spacial score (nSPS) is 12.2. The van der Waals surface area contributed by atoms with E-state index in [1.807, 2.05) is 25.1 Å². The van der Waals surface area contributed by atoms with Crippen molar-refractivity contribution in [2.24, 2.45) is 5.92 Å². The van der Waals surface area contributed by atoms with E-state index in [0.29, 0.717) is 5.92 Å². The number of nitrogens with one attached hydrogen (secondary N) is 1. The Kier molecular flexibility index (Phi) is 6.94. The molecule has 0 aliphatic heterocycles. The number of hydrogen-bond donors (Lipinski definition) is 1. The Bertz CT molecular complexity index is 387. The van der Waals surface area contributed by atoms with Crippen LogP contribution in [0.5, 0.6) is 0 Å². The van der Waals surface area contributed by atoms with E-state index in [-0.39, 0.29) is 5.91 Å². The van der Waals surface area contributed by atoms with Crippen LogP contribution < -0.4 is 5.32 Å². The average molecular weight is 377 g/mol. The monoisotopic (exact) mass is 375 g/mol. The average Bonchev–Trinajstić information content (AvgIpc) is 2.32. The van der Waals surface area contributed by atoms with Crippen molar-refractivity contribution in [3.05, 3.63) is 33.8 Å². The van der Waals surface area contributed by atoms with Crippen LogP contribution in [0.3, 0.4) is 0 Å². The molecule has 0 radical (unpaired) electrons. The van der Waals surface area contributed by atoms with Gasteiger partial charge in [0, 0.05) is 21.9 Å². The molecule has 1 unspecified atom stereocenters. The lowest BCUT2D eigenvalue weighted by Crippen LogP contribution is -2.24. The van der Waals surface area contributed by atoms with Gasteiger partial charge in [0.1, 0.15) is 0 Å². The molecule has 1 atom stereocenters. The molecule has 1 N–H and O–H groups in total. The van der Waals surface area contributed by atoms with Crippen molar-refractivity contribution in [1.82, 2.24) is 5.32 Å². The molecule has 0 aliphatic carbocycles. The van der Waals surface area contributed by atoms with Crippen molar-refractivity contribution < 1.29 is 4.79 Å². The van der Waals surface area contributed by atoms with Gasteiger partial charge >= 0.3 is 0 Å². The minimum atomic E-state index is 0.00546. The van der Waals surface area contributed by atoms with Gasteiger partial charge in [-0.05, 0) is 49.4 Å². The van der Waals surface area contributed by atoms with Crippen LogP contribution in [0.2, 0.25) is 0 Å². The number of alkyl halides is 1. The Morgan fingerprint density at radius 2 is 2.11 bits per heavy atom. The maximum atomic E-state index is 11.9. The van der Waals surface area contributed by atoms with Gasteiger partial charge in [0.2, 0.25) is 0 Å².